The van der Waals surface area contributed by atoms with Crippen LogP contribution in [-0.2, 0) is 4.79 Å². The van der Waals surface area contributed by atoms with Crippen LogP contribution in [0.3, 0.4) is 0 Å². The molecular weight excluding hydrogens is 260 g/mol. The van der Waals surface area contributed by atoms with Crippen LogP contribution < -0.4 is 5.32 Å². The summed E-state index contributed by atoms with van der Waals surface area (Å²) in [6, 6.07) is 10.5. The minimum Gasteiger partial charge on any atom is -0.318 e. The highest BCUT2D eigenvalue weighted by Gasteiger charge is 2.49. The molecular formula is C18H28N2O. The van der Waals surface area contributed by atoms with Crippen molar-refractivity contribution in [2.45, 2.75) is 65.2 Å². The topological polar surface area (TPSA) is 32.3 Å². The maximum atomic E-state index is 13.0. The van der Waals surface area contributed by atoms with Crippen molar-refractivity contribution in [2.75, 3.05) is 0 Å². The summed E-state index contributed by atoms with van der Waals surface area (Å²) in [6.45, 7) is 10.7. The van der Waals surface area contributed by atoms with Gasteiger partial charge in [0.25, 0.3) is 0 Å². The monoisotopic (exact) mass is 288 g/mol. The summed E-state index contributed by atoms with van der Waals surface area (Å²) < 4.78 is 0. The van der Waals surface area contributed by atoms with Crippen LogP contribution in [0.2, 0.25) is 0 Å². The first-order valence-electron chi connectivity index (χ1n) is 8.10. The fourth-order valence-electron chi connectivity index (χ4n) is 3.00. The fourth-order valence-corrected chi connectivity index (χ4v) is 3.00. The minimum absolute atomic E-state index is 0.0207. The first-order chi connectivity index (χ1) is 9.94. The Morgan fingerprint density at radius 1 is 1.24 bits per heavy atom. The van der Waals surface area contributed by atoms with Crippen LogP contribution in [0.25, 0.3) is 0 Å². The molecule has 1 aliphatic heterocycles. The van der Waals surface area contributed by atoms with E-state index in [2.05, 4.69) is 50.0 Å². The van der Waals surface area contributed by atoms with Gasteiger partial charge in [0.2, 0.25) is 5.91 Å². The van der Waals surface area contributed by atoms with Gasteiger partial charge in [0.05, 0.1) is 5.54 Å². The normalized spacial score (nSPS) is 28.7. The molecule has 0 aliphatic carbocycles. The number of nitrogens with zero attached hydrogens (tertiary/aromatic N) is 1. The van der Waals surface area contributed by atoms with E-state index in [9.17, 15) is 4.79 Å². The molecule has 1 aromatic rings. The molecule has 0 saturated carbocycles. The van der Waals surface area contributed by atoms with Gasteiger partial charge in [-0.25, -0.2) is 0 Å². The van der Waals surface area contributed by atoms with Gasteiger partial charge in [-0.15, -0.1) is 0 Å². The van der Waals surface area contributed by atoms with E-state index in [1.54, 1.807) is 0 Å². The number of carbonyl (C=O) groups is 1. The number of hydrogen-bond donors (Lipinski definition) is 1. The lowest BCUT2D eigenvalue weighted by Gasteiger charge is -2.34. The van der Waals surface area contributed by atoms with Crippen LogP contribution >= 0.6 is 0 Å². The Kier molecular flexibility index (Phi) is 4.72. The summed E-state index contributed by atoms with van der Waals surface area (Å²) in [7, 11) is 0. The SMILES string of the molecule is CCC(C)C(C)N1C(=O)C(C)(CC)NC1c1ccccc1. The van der Waals surface area contributed by atoms with E-state index in [1.807, 2.05) is 25.1 Å². The second-order valence-electron chi connectivity index (χ2n) is 6.48. The van der Waals surface area contributed by atoms with Crippen molar-refractivity contribution in [3.05, 3.63) is 35.9 Å². The molecule has 2 rings (SSSR count). The molecule has 0 radical (unpaired) electrons. The number of nitrogens with one attached hydrogen (secondary N) is 1. The van der Waals surface area contributed by atoms with Gasteiger partial charge in [-0.05, 0) is 31.7 Å². The molecule has 4 unspecified atom stereocenters. The maximum absolute atomic E-state index is 13.0. The molecule has 0 aromatic heterocycles. The second-order valence-corrected chi connectivity index (χ2v) is 6.48. The van der Waals surface area contributed by atoms with Gasteiger partial charge in [0.15, 0.2) is 0 Å². The standard InChI is InChI=1S/C18H28N2O/c1-6-13(3)14(4)20-16(15-11-9-8-10-12-15)19-18(5,7-2)17(20)21/h8-14,16,19H,6-7H2,1-5H3. The average Bonchev–Trinajstić information content (AvgIpc) is 2.79. The molecule has 116 valence electrons. The molecule has 3 heteroatoms. The molecule has 1 fully saturated rings. The van der Waals surface area contributed by atoms with Gasteiger partial charge in [-0.3, -0.25) is 10.1 Å². The zero-order chi connectivity index (χ0) is 15.6. The lowest BCUT2D eigenvalue weighted by molar-refractivity contribution is -0.135. The molecule has 0 spiro atoms. The van der Waals surface area contributed by atoms with Crippen molar-refractivity contribution >= 4 is 5.91 Å². The zero-order valence-electron chi connectivity index (χ0n) is 13.9. The van der Waals surface area contributed by atoms with Crippen LogP contribution in [0.5, 0.6) is 0 Å². The largest absolute Gasteiger partial charge is 0.318 e. The molecule has 0 bridgehead atoms. The number of hydrogen-bond acceptors (Lipinski definition) is 2. The molecule has 1 heterocycles. The van der Waals surface area contributed by atoms with E-state index in [4.69, 9.17) is 0 Å². The van der Waals surface area contributed by atoms with Crippen LogP contribution in [0, 0.1) is 5.92 Å². The molecule has 1 amide bonds. The number of benzene rings is 1. The van der Waals surface area contributed by atoms with Crippen molar-refractivity contribution in [1.82, 2.24) is 10.2 Å². The first kappa shape index (κ1) is 16.0. The summed E-state index contributed by atoms with van der Waals surface area (Å²) in [5.41, 5.74) is 0.709. The third-order valence-electron chi connectivity index (χ3n) is 5.17. The van der Waals surface area contributed by atoms with Crippen LogP contribution in [0.1, 0.15) is 59.2 Å². The number of carbonyl (C=O) groups excluding carboxylic acids is 1. The molecule has 1 saturated heterocycles. The second kappa shape index (κ2) is 6.18. The Hall–Kier alpha value is -1.35. The Morgan fingerprint density at radius 2 is 1.86 bits per heavy atom. The zero-order valence-corrected chi connectivity index (χ0v) is 13.9. The predicted octanol–water partition coefficient (Wildman–Crippen LogP) is 3.72. The van der Waals surface area contributed by atoms with Crippen molar-refractivity contribution in [1.29, 1.82) is 0 Å². The molecule has 1 N–H and O–H groups in total. The van der Waals surface area contributed by atoms with E-state index in [0.29, 0.717) is 5.92 Å². The van der Waals surface area contributed by atoms with Gasteiger partial charge in [0, 0.05) is 6.04 Å². The van der Waals surface area contributed by atoms with Crippen LogP contribution in [-0.4, -0.2) is 22.4 Å². The minimum atomic E-state index is -0.456. The van der Waals surface area contributed by atoms with Gasteiger partial charge in [0.1, 0.15) is 6.17 Å². The van der Waals surface area contributed by atoms with Crippen molar-refractivity contribution in [3.8, 4) is 0 Å². The highest BCUT2D eigenvalue weighted by atomic mass is 16.2. The molecule has 1 aromatic carbocycles. The van der Waals surface area contributed by atoms with E-state index in [1.165, 1.54) is 0 Å². The summed E-state index contributed by atoms with van der Waals surface area (Å²) in [5.74, 6) is 0.716. The number of amides is 1. The summed E-state index contributed by atoms with van der Waals surface area (Å²) in [4.78, 5) is 15.0. The summed E-state index contributed by atoms with van der Waals surface area (Å²) in [5, 5.41) is 3.57. The Morgan fingerprint density at radius 3 is 2.38 bits per heavy atom. The third-order valence-corrected chi connectivity index (χ3v) is 5.17. The molecule has 4 atom stereocenters. The quantitative estimate of drug-likeness (QED) is 0.895. The molecule has 3 nitrogen and oxygen atoms in total. The fraction of sp³-hybridized carbons (Fsp3) is 0.611. The van der Waals surface area contributed by atoms with Crippen LogP contribution in [0.4, 0.5) is 0 Å². The Balaban J connectivity index is 2.39. The third kappa shape index (κ3) is 2.84. The first-order valence-corrected chi connectivity index (χ1v) is 8.10. The average molecular weight is 288 g/mol. The van der Waals surface area contributed by atoms with Crippen LogP contribution in [0.15, 0.2) is 30.3 Å². The summed E-state index contributed by atoms with van der Waals surface area (Å²) >= 11 is 0. The van der Waals surface area contributed by atoms with Gasteiger partial charge in [-0.1, -0.05) is 57.5 Å². The summed E-state index contributed by atoms with van der Waals surface area (Å²) in [6.07, 6.45) is 1.86. The maximum Gasteiger partial charge on any atom is 0.244 e. The lowest BCUT2D eigenvalue weighted by atomic mass is 9.95. The van der Waals surface area contributed by atoms with Crippen molar-refractivity contribution < 1.29 is 4.79 Å². The smallest absolute Gasteiger partial charge is 0.244 e. The van der Waals surface area contributed by atoms with E-state index in [0.717, 1.165) is 18.4 Å². The number of rotatable bonds is 5. The molecule has 21 heavy (non-hydrogen) atoms. The van der Waals surface area contributed by atoms with E-state index >= 15 is 0 Å². The predicted molar refractivity (Wildman–Crippen MR) is 86.8 cm³/mol. The highest BCUT2D eigenvalue weighted by molar-refractivity contribution is 5.88. The highest BCUT2D eigenvalue weighted by Crippen LogP contribution is 2.36. The Bertz CT molecular complexity index is 487. The Labute approximate surface area is 128 Å². The molecule has 1 aliphatic rings. The van der Waals surface area contributed by atoms with Gasteiger partial charge >= 0.3 is 0 Å². The van der Waals surface area contributed by atoms with Crippen molar-refractivity contribution in [3.63, 3.8) is 0 Å². The van der Waals surface area contributed by atoms with Gasteiger partial charge in [-0.2, -0.15) is 0 Å². The van der Waals surface area contributed by atoms with E-state index < -0.39 is 5.54 Å². The van der Waals surface area contributed by atoms with Gasteiger partial charge < -0.3 is 4.90 Å². The van der Waals surface area contributed by atoms with E-state index in [-0.39, 0.29) is 18.1 Å². The van der Waals surface area contributed by atoms with Crippen molar-refractivity contribution in [2.24, 2.45) is 5.92 Å². The lowest BCUT2D eigenvalue weighted by Crippen LogP contribution is -2.45.